The van der Waals surface area contributed by atoms with E-state index in [9.17, 15) is 24.0 Å². The second-order valence-corrected chi connectivity index (χ2v) is 18.6. The monoisotopic (exact) mass is 1040 g/mol. The number of nitrogens with zero attached hydrogens (tertiary/aromatic N) is 8. The molecule has 0 aliphatic rings. The number of nitrogens with two attached hydrogens (primary N) is 1. The van der Waals surface area contributed by atoms with Crippen LogP contribution in [-0.2, 0) is 56.1 Å². The minimum absolute atomic E-state index is 0. The number of hydrogen-bond acceptors (Lipinski definition) is 17. The Kier molecular flexibility index (Phi) is 21.8. The number of hydrogen-bond donors (Lipinski definition) is 4. The third-order valence-corrected chi connectivity index (χ3v) is 10.4. The maximum atomic E-state index is 13.3. The first-order valence-corrected chi connectivity index (χ1v) is 23.2. The molecule has 0 saturated heterocycles. The van der Waals surface area contributed by atoms with E-state index in [0.29, 0.717) is 17.7 Å². The largest absolute Gasteiger partial charge is 0.467 e. The van der Waals surface area contributed by atoms with Crippen LogP contribution in [0, 0.1) is 0 Å². The predicted octanol–water partition coefficient (Wildman–Crippen LogP) is 5.08. The Bertz CT molecular complexity index is 2700. The zero-order chi connectivity index (χ0) is 53.2. The number of aromatic nitrogens is 8. The zero-order valence-corrected chi connectivity index (χ0v) is 43.6. The van der Waals surface area contributed by atoms with Gasteiger partial charge in [0.2, 0.25) is 11.8 Å². The molecular formula is C51H65ClN12O10. The molecule has 74 heavy (non-hydrogen) atoms. The molecule has 5 N–H and O–H groups in total. The highest BCUT2D eigenvalue weighted by molar-refractivity contribution is 5.89. The number of ether oxygens (including phenoxy) is 5. The second-order valence-electron chi connectivity index (χ2n) is 18.6. The average molecular weight is 1040 g/mol. The Balaban J connectivity index is 0.000000322. The number of amides is 3. The van der Waals surface area contributed by atoms with Gasteiger partial charge in [0.15, 0.2) is 23.7 Å². The lowest BCUT2D eigenvalue weighted by atomic mass is 10.0. The molecule has 2 unspecified atom stereocenters. The molecule has 23 heteroatoms. The van der Waals surface area contributed by atoms with E-state index in [2.05, 4.69) is 46.8 Å². The molecule has 0 bridgehead atoms. The molecule has 4 aromatic carbocycles. The maximum absolute atomic E-state index is 13.3. The first-order chi connectivity index (χ1) is 34.7. The lowest BCUT2D eigenvalue weighted by molar-refractivity contribution is -0.144. The quantitative estimate of drug-likeness (QED) is 0.0540. The molecule has 396 valence electrons. The van der Waals surface area contributed by atoms with Crippen LogP contribution in [0.25, 0.3) is 0 Å². The topological polar surface area (TPSA) is 281 Å². The van der Waals surface area contributed by atoms with Gasteiger partial charge in [0, 0.05) is 0 Å². The standard InChI is InChI=1S/C28H36N6O6.C23H28N6O4.ClH/c1-27(2,3)40-26(37)30-28(4,5)25(36)29-21(18-39-17-19-13-9-7-10-14-19)23-31-33-34(32-23)22(24(35)38-6)20-15-11-8-12-16-20;1-23(2,24)22(31)25-18(15-33-14-16-10-6-4-7-11-16)20-26-28-29(27-20)19(21(30)32-3)17-12-8-5-9-13-17;/h7-16,21-22H,17-18H2,1-6H3,(H,29,36)(H,30,37);4-13,18-19H,14-15,24H2,1-3H3,(H,25,31);1H/t21-,22?;18-,19?;/m11./s1. The number of esters is 2. The minimum atomic E-state index is -1.35. The molecule has 2 aromatic heterocycles. The summed E-state index contributed by atoms with van der Waals surface area (Å²) in [6.07, 6.45) is -0.739. The van der Waals surface area contributed by atoms with Gasteiger partial charge >= 0.3 is 18.0 Å². The highest BCUT2D eigenvalue weighted by atomic mass is 35.5. The lowest BCUT2D eigenvalue weighted by Crippen LogP contribution is -2.56. The van der Waals surface area contributed by atoms with Crippen LogP contribution in [-0.4, -0.2) is 114 Å². The maximum Gasteiger partial charge on any atom is 0.408 e. The zero-order valence-electron chi connectivity index (χ0n) is 42.8. The number of carbonyl (C=O) groups excluding carboxylic acids is 5. The van der Waals surface area contributed by atoms with Gasteiger partial charge in [-0.05, 0) is 81.1 Å². The van der Waals surface area contributed by atoms with Crippen LogP contribution < -0.4 is 21.7 Å². The Hall–Kier alpha value is -7.66. The van der Waals surface area contributed by atoms with Crippen molar-refractivity contribution in [2.24, 2.45) is 5.73 Å². The Morgan fingerprint density at radius 2 is 0.932 bits per heavy atom. The molecule has 6 rings (SSSR count). The van der Waals surface area contributed by atoms with Crippen LogP contribution in [0.5, 0.6) is 0 Å². The summed E-state index contributed by atoms with van der Waals surface area (Å²) in [5, 5.41) is 33.4. The van der Waals surface area contributed by atoms with Crippen molar-refractivity contribution < 1.29 is 47.7 Å². The van der Waals surface area contributed by atoms with Crippen LogP contribution in [0.15, 0.2) is 121 Å². The molecule has 0 saturated carbocycles. The SMILES string of the molecule is COC(=O)C(c1ccccc1)n1nnc([C@@H](COCc2ccccc2)NC(=O)C(C)(C)N)n1.COC(=O)C(c1ccccc1)n1nnc([C@@H](COCc2ccccc2)NC(=O)C(C)(C)NC(=O)OC(C)(C)C)n1.Cl. The molecule has 22 nitrogen and oxygen atoms in total. The van der Waals surface area contributed by atoms with Crippen molar-refractivity contribution in [2.45, 2.75) is 103 Å². The number of carbonyl (C=O) groups is 5. The molecule has 0 fully saturated rings. The summed E-state index contributed by atoms with van der Waals surface area (Å²) in [5.41, 5.74) is 5.88. The van der Waals surface area contributed by atoms with Gasteiger partial charge < -0.3 is 45.4 Å². The molecule has 3 amide bonds. The molecule has 2 heterocycles. The van der Waals surface area contributed by atoms with Crippen molar-refractivity contribution >= 4 is 42.3 Å². The van der Waals surface area contributed by atoms with Gasteiger partial charge in [-0.1, -0.05) is 121 Å². The average Bonchev–Trinajstić information content (AvgIpc) is 4.05. The van der Waals surface area contributed by atoms with Gasteiger partial charge in [-0.2, -0.15) is 0 Å². The van der Waals surface area contributed by atoms with Crippen LogP contribution in [0.3, 0.4) is 0 Å². The van der Waals surface area contributed by atoms with Crippen LogP contribution in [0.1, 0.15) is 107 Å². The van der Waals surface area contributed by atoms with E-state index in [-0.39, 0.29) is 43.9 Å². The van der Waals surface area contributed by atoms with Crippen molar-refractivity contribution in [3.05, 3.63) is 155 Å². The van der Waals surface area contributed by atoms with Gasteiger partial charge in [-0.15, -0.1) is 42.4 Å². The van der Waals surface area contributed by atoms with Gasteiger partial charge in [0.1, 0.15) is 23.2 Å². The highest BCUT2D eigenvalue weighted by Crippen LogP contribution is 2.22. The Labute approximate surface area is 435 Å². The van der Waals surface area contributed by atoms with E-state index in [1.807, 2.05) is 72.8 Å². The number of halogens is 1. The number of tetrazole rings is 2. The molecule has 0 aliphatic heterocycles. The Morgan fingerprint density at radius 1 is 0.568 bits per heavy atom. The summed E-state index contributed by atoms with van der Waals surface area (Å²) in [5.74, 6) is -1.77. The second kappa shape index (κ2) is 27.4. The first-order valence-electron chi connectivity index (χ1n) is 23.2. The predicted molar refractivity (Wildman–Crippen MR) is 272 cm³/mol. The van der Waals surface area contributed by atoms with E-state index in [4.69, 9.17) is 29.4 Å². The van der Waals surface area contributed by atoms with Crippen molar-refractivity contribution in [1.29, 1.82) is 0 Å². The summed E-state index contributed by atoms with van der Waals surface area (Å²) in [7, 11) is 2.57. The fourth-order valence-electron chi connectivity index (χ4n) is 6.59. The normalized spacial score (nSPS) is 13.0. The van der Waals surface area contributed by atoms with Crippen molar-refractivity contribution in [3.63, 3.8) is 0 Å². The van der Waals surface area contributed by atoms with Crippen molar-refractivity contribution in [3.8, 4) is 0 Å². The molecule has 0 aliphatic carbocycles. The molecular weight excluding hydrogens is 976 g/mol. The lowest BCUT2D eigenvalue weighted by Gasteiger charge is -2.29. The van der Waals surface area contributed by atoms with Crippen molar-refractivity contribution in [1.82, 2.24) is 56.4 Å². The summed E-state index contributed by atoms with van der Waals surface area (Å²) >= 11 is 0. The summed E-state index contributed by atoms with van der Waals surface area (Å²) < 4.78 is 26.9. The smallest absolute Gasteiger partial charge is 0.408 e. The van der Waals surface area contributed by atoms with Gasteiger partial charge in [-0.3, -0.25) is 9.59 Å². The van der Waals surface area contributed by atoms with E-state index >= 15 is 0 Å². The minimum Gasteiger partial charge on any atom is -0.467 e. The molecule has 0 radical (unpaired) electrons. The summed E-state index contributed by atoms with van der Waals surface area (Å²) in [6.45, 7) is 12.1. The van der Waals surface area contributed by atoms with Gasteiger partial charge in [-0.25, -0.2) is 14.4 Å². The molecule has 4 atom stereocenters. The molecule has 6 aromatic rings. The third-order valence-electron chi connectivity index (χ3n) is 10.4. The first kappa shape index (κ1) is 58.9. The van der Waals surface area contributed by atoms with E-state index in [0.717, 1.165) is 15.9 Å². The van der Waals surface area contributed by atoms with E-state index in [1.165, 1.54) is 19.0 Å². The Morgan fingerprint density at radius 3 is 1.28 bits per heavy atom. The fraction of sp³-hybridized carbons (Fsp3) is 0.392. The number of alkyl carbamates (subject to hydrolysis) is 1. The number of nitrogens with one attached hydrogen (secondary N) is 3. The van der Waals surface area contributed by atoms with Crippen LogP contribution in [0.2, 0.25) is 0 Å². The van der Waals surface area contributed by atoms with E-state index < -0.39 is 70.7 Å². The number of methoxy groups -OCH3 is 2. The van der Waals surface area contributed by atoms with Gasteiger partial charge in [0.25, 0.3) is 0 Å². The molecule has 0 spiro atoms. The summed E-state index contributed by atoms with van der Waals surface area (Å²) in [4.78, 5) is 65.6. The number of benzene rings is 4. The fourth-order valence-corrected chi connectivity index (χ4v) is 6.59. The summed E-state index contributed by atoms with van der Waals surface area (Å²) in [6, 6.07) is 33.5. The third kappa shape index (κ3) is 17.8. The number of rotatable bonds is 21. The van der Waals surface area contributed by atoms with E-state index in [1.54, 1.807) is 97.0 Å². The van der Waals surface area contributed by atoms with Crippen LogP contribution in [0.4, 0.5) is 4.79 Å². The highest BCUT2D eigenvalue weighted by Gasteiger charge is 2.36. The van der Waals surface area contributed by atoms with Crippen molar-refractivity contribution in [2.75, 3.05) is 27.4 Å². The van der Waals surface area contributed by atoms with Gasteiger partial charge in [0.05, 0.1) is 46.2 Å². The van der Waals surface area contributed by atoms with Crippen LogP contribution >= 0.6 is 12.4 Å².